The number of β-amino-alcohol motifs (C(OH)–C–C–N with tert-alkyl or cyclic N) is 1. The molecule has 0 amide bonds. The normalized spacial score (nSPS) is 38.0. The first-order valence-corrected chi connectivity index (χ1v) is 6.81. The van der Waals surface area contributed by atoms with Crippen LogP contribution in [-0.4, -0.2) is 35.9 Å². The molecule has 1 aliphatic heterocycles. The second-order valence-corrected chi connectivity index (χ2v) is 5.35. The fourth-order valence-corrected chi connectivity index (χ4v) is 2.86. The topological polar surface area (TPSA) is 58.6 Å². The van der Waals surface area contributed by atoms with Crippen molar-refractivity contribution >= 4 is 5.97 Å². The molecule has 4 nitrogen and oxygen atoms in total. The number of esters is 1. The Morgan fingerprint density at radius 2 is 2.24 bits per heavy atom. The lowest BCUT2D eigenvalue weighted by Gasteiger charge is -2.28. The number of aliphatic hydroxyl groups excluding tert-OH is 1. The van der Waals surface area contributed by atoms with E-state index in [1.165, 1.54) is 12.8 Å². The van der Waals surface area contributed by atoms with Gasteiger partial charge in [-0.1, -0.05) is 19.8 Å². The van der Waals surface area contributed by atoms with E-state index in [-0.39, 0.29) is 18.1 Å². The van der Waals surface area contributed by atoms with Gasteiger partial charge in [-0.05, 0) is 25.2 Å². The Bertz CT molecular complexity index is 269. The quantitative estimate of drug-likeness (QED) is 0.729. The van der Waals surface area contributed by atoms with Crippen LogP contribution in [0.5, 0.6) is 0 Å². The Hall–Kier alpha value is -0.610. The zero-order chi connectivity index (χ0) is 12.3. The van der Waals surface area contributed by atoms with Crippen LogP contribution < -0.4 is 5.32 Å². The molecular weight excluding hydrogens is 218 g/mol. The Morgan fingerprint density at radius 1 is 1.41 bits per heavy atom. The van der Waals surface area contributed by atoms with Crippen LogP contribution in [0.15, 0.2) is 0 Å². The molecule has 2 rings (SSSR count). The lowest BCUT2D eigenvalue weighted by atomic mass is 9.85. The summed E-state index contributed by atoms with van der Waals surface area (Å²) < 4.78 is 5.54. The highest BCUT2D eigenvalue weighted by molar-refractivity contribution is 5.76. The van der Waals surface area contributed by atoms with Gasteiger partial charge in [0.1, 0.15) is 12.1 Å². The molecule has 0 bridgehead atoms. The number of ether oxygens (including phenoxy) is 1. The van der Waals surface area contributed by atoms with Crippen LogP contribution in [-0.2, 0) is 9.53 Å². The summed E-state index contributed by atoms with van der Waals surface area (Å²) in [5.74, 6) is 0.534. The third kappa shape index (κ3) is 3.42. The minimum Gasteiger partial charge on any atom is -0.461 e. The Balaban J connectivity index is 1.78. The molecule has 17 heavy (non-hydrogen) atoms. The summed E-state index contributed by atoms with van der Waals surface area (Å²) in [5, 5.41) is 12.4. The summed E-state index contributed by atoms with van der Waals surface area (Å²) in [7, 11) is 0. The minimum atomic E-state index is -0.401. The molecule has 0 aromatic heterocycles. The maximum Gasteiger partial charge on any atom is 0.323 e. The smallest absolute Gasteiger partial charge is 0.323 e. The van der Waals surface area contributed by atoms with Crippen LogP contribution >= 0.6 is 0 Å². The zero-order valence-electron chi connectivity index (χ0n) is 10.5. The number of hydrogen-bond donors (Lipinski definition) is 2. The molecule has 1 aliphatic carbocycles. The summed E-state index contributed by atoms with van der Waals surface area (Å²) in [6.07, 6.45) is 5.80. The lowest BCUT2D eigenvalue weighted by Crippen LogP contribution is -2.36. The van der Waals surface area contributed by atoms with Gasteiger partial charge in [-0.15, -0.1) is 0 Å². The fraction of sp³-hybridized carbons (Fsp3) is 0.923. The lowest BCUT2D eigenvalue weighted by molar-refractivity contribution is -0.153. The van der Waals surface area contributed by atoms with Crippen molar-refractivity contribution in [3.05, 3.63) is 0 Å². The average molecular weight is 241 g/mol. The van der Waals surface area contributed by atoms with Crippen LogP contribution in [0, 0.1) is 5.92 Å². The molecule has 0 aromatic rings. The molecular formula is C13H23NO3. The Kier molecular flexibility index (Phi) is 4.40. The molecule has 1 saturated heterocycles. The molecule has 4 heteroatoms. The monoisotopic (exact) mass is 241 g/mol. The van der Waals surface area contributed by atoms with Crippen LogP contribution in [0.3, 0.4) is 0 Å². The Morgan fingerprint density at radius 3 is 2.88 bits per heavy atom. The van der Waals surface area contributed by atoms with E-state index < -0.39 is 6.10 Å². The first-order valence-electron chi connectivity index (χ1n) is 6.81. The summed E-state index contributed by atoms with van der Waals surface area (Å²) in [4.78, 5) is 11.9. The zero-order valence-corrected chi connectivity index (χ0v) is 10.5. The van der Waals surface area contributed by atoms with Crippen molar-refractivity contribution in [1.29, 1.82) is 0 Å². The molecule has 1 saturated carbocycles. The van der Waals surface area contributed by atoms with Crippen LogP contribution in [0.25, 0.3) is 0 Å². The summed E-state index contributed by atoms with van der Waals surface area (Å²) >= 11 is 0. The van der Waals surface area contributed by atoms with E-state index in [0.29, 0.717) is 18.9 Å². The van der Waals surface area contributed by atoms with E-state index >= 15 is 0 Å². The van der Waals surface area contributed by atoms with Crippen molar-refractivity contribution < 1.29 is 14.6 Å². The second-order valence-electron chi connectivity index (χ2n) is 5.35. The summed E-state index contributed by atoms with van der Waals surface area (Å²) in [6.45, 7) is 2.70. The number of rotatable bonds is 3. The second kappa shape index (κ2) is 5.83. The van der Waals surface area contributed by atoms with Crippen molar-refractivity contribution in [3.8, 4) is 0 Å². The molecule has 2 fully saturated rings. The van der Waals surface area contributed by atoms with E-state index in [1.807, 2.05) is 0 Å². The van der Waals surface area contributed by atoms with Crippen LogP contribution in [0.4, 0.5) is 0 Å². The predicted octanol–water partition coefficient (Wildman–Crippen LogP) is 1.22. The standard InChI is InChI=1S/C13H23NO3/c1-2-9-4-3-5-11(6-9)17-13(16)12-7-10(15)8-14-12/h9-12,14-15H,2-8H2,1H3/t9?,10-,11?,12+/m1/s1. The van der Waals surface area contributed by atoms with Gasteiger partial charge in [-0.2, -0.15) is 0 Å². The predicted molar refractivity (Wildman–Crippen MR) is 64.5 cm³/mol. The largest absolute Gasteiger partial charge is 0.461 e. The van der Waals surface area contributed by atoms with E-state index in [4.69, 9.17) is 4.74 Å². The van der Waals surface area contributed by atoms with Gasteiger partial charge in [0.25, 0.3) is 0 Å². The van der Waals surface area contributed by atoms with E-state index in [9.17, 15) is 9.90 Å². The number of aliphatic hydroxyl groups is 1. The Labute approximate surface area is 103 Å². The maximum atomic E-state index is 11.9. The molecule has 0 spiro atoms. The number of hydrogen-bond acceptors (Lipinski definition) is 4. The molecule has 4 atom stereocenters. The third-order valence-electron chi connectivity index (χ3n) is 3.99. The third-order valence-corrected chi connectivity index (χ3v) is 3.99. The van der Waals surface area contributed by atoms with Gasteiger partial charge in [-0.25, -0.2) is 0 Å². The van der Waals surface area contributed by atoms with Crippen molar-refractivity contribution in [3.63, 3.8) is 0 Å². The average Bonchev–Trinajstić information content (AvgIpc) is 2.76. The van der Waals surface area contributed by atoms with Crippen molar-refractivity contribution in [1.82, 2.24) is 5.32 Å². The van der Waals surface area contributed by atoms with Crippen molar-refractivity contribution in [2.75, 3.05) is 6.54 Å². The van der Waals surface area contributed by atoms with E-state index in [2.05, 4.69) is 12.2 Å². The SMILES string of the molecule is CCC1CCCC(OC(=O)[C@@H]2C[C@@H](O)CN2)C1. The van der Waals surface area contributed by atoms with Gasteiger partial charge in [0.2, 0.25) is 0 Å². The van der Waals surface area contributed by atoms with Gasteiger partial charge in [-0.3, -0.25) is 4.79 Å². The summed E-state index contributed by atoms with van der Waals surface area (Å²) in [6, 6.07) is -0.299. The molecule has 1 heterocycles. The molecule has 2 aliphatic rings. The molecule has 2 N–H and O–H groups in total. The van der Waals surface area contributed by atoms with Gasteiger partial charge >= 0.3 is 5.97 Å². The van der Waals surface area contributed by atoms with Gasteiger partial charge < -0.3 is 15.2 Å². The molecule has 0 aromatic carbocycles. The highest BCUT2D eigenvalue weighted by Gasteiger charge is 2.32. The molecule has 0 radical (unpaired) electrons. The van der Waals surface area contributed by atoms with Crippen LogP contribution in [0.2, 0.25) is 0 Å². The minimum absolute atomic E-state index is 0.0979. The van der Waals surface area contributed by atoms with Crippen LogP contribution in [0.1, 0.15) is 45.4 Å². The first kappa shape index (κ1) is 12.8. The van der Waals surface area contributed by atoms with E-state index in [0.717, 1.165) is 19.3 Å². The molecule has 2 unspecified atom stereocenters. The van der Waals surface area contributed by atoms with Gasteiger partial charge in [0.15, 0.2) is 0 Å². The first-order chi connectivity index (χ1) is 8.19. The van der Waals surface area contributed by atoms with Crippen molar-refractivity contribution in [2.24, 2.45) is 5.92 Å². The molecule has 98 valence electrons. The number of carbonyl (C=O) groups is 1. The van der Waals surface area contributed by atoms with E-state index in [1.54, 1.807) is 0 Å². The summed E-state index contributed by atoms with van der Waals surface area (Å²) in [5.41, 5.74) is 0. The fourth-order valence-electron chi connectivity index (χ4n) is 2.86. The maximum absolute atomic E-state index is 11.9. The van der Waals surface area contributed by atoms with Gasteiger partial charge in [0, 0.05) is 13.0 Å². The highest BCUT2D eigenvalue weighted by atomic mass is 16.5. The van der Waals surface area contributed by atoms with Crippen molar-refractivity contribution in [2.45, 2.75) is 63.7 Å². The number of carbonyl (C=O) groups excluding carboxylic acids is 1. The highest BCUT2D eigenvalue weighted by Crippen LogP contribution is 2.28. The number of nitrogens with one attached hydrogen (secondary N) is 1. The van der Waals surface area contributed by atoms with Gasteiger partial charge in [0.05, 0.1) is 6.10 Å².